The third kappa shape index (κ3) is 4.43. The van der Waals surface area contributed by atoms with E-state index in [0.29, 0.717) is 23.6 Å². The summed E-state index contributed by atoms with van der Waals surface area (Å²) in [6.07, 6.45) is -0.965. The molecule has 0 fully saturated rings. The molecule has 0 aromatic heterocycles. The molecule has 2 N–H and O–H groups in total. The Morgan fingerprint density at radius 2 is 1.62 bits per heavy atom. The molecule has 2 atom stereocenters. The lowest BCUT2D eigenvalue weighted by Crippen LogP contribution is -2.31. The zero-order valence-corrected chi connectivity index (χ0v) is 13.8. The van der Waals surface area contributed by atoms with Crippen LogP contribution in [0.5, 0.6) is 11.5 Å². The molecule has 6 heteroatoms. The summed E-state index contributed by atoms with van der Waals surface area (Å²) in [4.78, 5) is 0. The fourth-order valence-electron chi connectivity index (χ4n) is 2.34. The number of aliphatic hydroxyl groups excluding tert-OH is 1. The zero-order valence-electron chi connectivity index (χ0n) is 13.8. The second kappa shape index (κ2) is 8.08. The SMILES string of the molecule is COc1cc(CNC(C)C(O)c2ccc(F)c(F)c2)cc(OC)c1. The van der Waals surface area contributed by atoms with E-state index in [1.54, 1.807) is 27.2 Å². The lowest BCUT2D eigenvalue weighted by molar-refractivity contribution is 0.135. The van der Waals surface area contributed by atoms with Crippen molar-refractivity contribution in [3.63, 3.8) is 0 Å². The fraction of sp³-hybridized carbons (Fsp3) is 0.333. The molecular formula is C18H21F2NO3. The number of hydrogen-bond acceptors (Lipinski definition) is 4. The van der Waals surface area contributed by atoms with Gasteiger partial charge in [0.2, 0.25) is 0 Å². The van der Waals surface area contributed by atoms with Gasteiger partial charge in [0.15, 0.2) is 11.6 Å². The fourth-order valence-corrected chi connectivity index (χ4v) is 2.34. The second-order valence-corrected chi connectivity index (χ2v) is 5.51. The molecule has 0 aliphatic carbocycles. The van der Waals surface area contributed by atoms with Gasteiger partial charge in [-0.25, -0.2) is 8.78 Å². The topological polar surface area (TPSA) is 50.7 Å². The maximum absolute atomic E-state index is 13.3. The molecule has 4 nitrogen and oxygen atoms in total. The van der Waals surface area contributed by atoms with Crippen molar-refractivity contribution in [2.75, 3.05) is 14.2 Å². The molecule has 0 saturated heterocycles. The summed E-state index contributed by atoms with van der Waals surface area (Å²) in [5.74, 6) is -0.578. The average Bonchev–Trinajstić information content (AvgIpc) is 2.60. The number of benzene rings is 2. The van der Waals surface area contributed by atoms with E-state index in [1.165, 1.54) is 6.07 Å². The number of nitrogens with one attached hydrogen (secondary N) is 1. The van der Waals surface area contributed by atoms with Crippen LogP contribution in [-0.2, 0) is 6.54 Å². The molecule has 2 aromatic rings. The van der Waals surface area contributed by atoms with E-state index in [9.17, 15) is 13.9 Å². The maximum atomic E-state index is 13.3. The Bertz CT molecular complexity index is 672. The third-order valence-electron chi connectivity index (χ3n) is 3.80. The first-order valence-electron chi connectivity index (χ1n) is 7.53. The Labute approximate surface area is 140 Å². The Morgan fingerprint density at radius 3 is 2.17 bits per heavy atom. The highest BCUT2D eigenvalue weighted by molar-refractivity contribution is 5.38. The molecule has 0 amide bonds. The number of ether oxygens (including phenoxy) is 2. The summed E-state index contributed by atoms with van der Waals surface area (Å²) in [7, 11) is 3.14. The van der Waals surface area contributed by atoms with Gasteiger partial charge in [-0.15, -0.1) is 0 Å². The number of methoxy groups -OCH3 is 2. The van der Waals surface area contributed by atoms with Crippen LogP contribution < -0.4 is 14.8 Å². The highest BCUT2D eigenvalue weighted by Crippen LogP contribution is 2.23. The molecule has 2 rings (SSSR count). The van der Waals surface area contributed by atoms with E-state index in [0.717, 1.165) is 17.7 Å². The van der Waals surface area contributed by atoms with Crippen LogP contribution in [0.3, 0.4) is 0 Å². The molecule has 0 heterocycles. The first-order valence-corrected chi connectivity index (χ1v) is 7.53. The van der Waals surface area contributed by atoms with Crippen LogP contribution in [0.1, 0.15) is 24.2 Å². The van der Waals surface area contributed by atoms with Gasteiger partial charge in [-0.3, -0.25) is 0 Å². The summed E-state index contributed by atoms with van der Waals surface area (Å²) in [5, 5.41) is 13.4. The van der Waals surface area contributed by atoms with Gasteiger partial charge in [-0.2, -0.15) is 0 Å². The van der Waals surface area contributed by atoms with Crippen LogP contribution in [-0.4, -0.2) is 25.4 Å². The first-order chi connectivity index (χ1) is 11.4. The largest absolute Gasteiger partial charge is 0.497 e. The van der Waals surface area contributed by atoms with Gasteiger partial charge < -0.3 is 19.9 Å². The zero-order chi connectivity index (χ0) is 17.7. The first kappa shape index (κ1) is 18.2. The van der Waals surface area contributed by atoms with Gasteiger partial charge in [0, 0.05) is 18.7 Å². The van der Waals surface area contributed by atoms with Crippen LogP contribution >= 0.6 is 0 Å². The average molecular weight is 337 g/mol. The summed E-state index contributed by atoms with van der Waals surface area (Å²) >= 11 is 0. The van der Waals surface area contributed by atoms with Crippen LogP contribution in [0.4, 0.5) is 8.78 Å². The molecule has 0 spiro atoms. The van der Waals surface area contributed by atoms with E-state index >= 15 is 0 Å². The minimum Gasteiger partial charge on any atom is -0.497 e. The quantitative estimate of drug-likeness (QED) is 0.815. The van der Waals surface area contributed by atoms with Gasteiger partial charge in [0.25, 0.3) is 0 Å². The van der Waals surface area contributed by atoms with Crippen molar-refractivity contribution >= 4 is 0 Å². The smallest absolute Gasteiger partial charge is 0.159 e. The van der Waals surface area contributed by atoms with Gasteiger partial charge in [-0.05, 0) is 42.3 Å². The van der Waals surface area contributed by atoms with Crippen molar-refractivity contribution < 1.29 is 23.4 Å². The Morgan fingerprint density at radius 1 is 1.00 bits per heavy atom. The Kier molecular flexibility index (Phi) is 6.11. The van der Waals surface area contributed by atoms with Crippen molar-refractivity contribution in [3.05, 3.63) is 59.2 Å². The highest BCUT2D eigenvalue weighted by Gasteiger charge is 2.18. The number of halogens is 2. The number of aliphatic hydroxyl groups is 1. The second-order valence-electron chi connectivity index (χ2n) is 5.51. The van der Waals surface area contributed by atoms with E-state index in [2.05, 4.69) is 5.32 Å². The van der Waals surface area contributed by atoms with Crippen molar-refractivity contribution in [1.82, 2.24) is 5.32 Å². The van der Waals surface area contributed by atoms with E-state index in [4.69, 9.17) is 9.47 Å². The minimum atomic E-state index is -0.976. The molecule has 0 aliphatic rings. The molecule has 2 aromatic carbocycles. The molecular weight excluding hydrogens is 316 g/mol. The standard InChI is InChI=1S/C18H21F2NO3/c1-11(18(22)13-4-5-16(19)17(20)8-13)21-10-12-6-14(23-2)9-15(7-12)24-3/h4-9,11,18,21-22H,10H2,1-3H3. The molecule has 0 aliphatic heterocycles. The monoisotopic (exact) mass is 337 g/mol. The van der Waals surface area contributed by atoms with Crippen LogP contribution in [0.15, 0.2) is 36.4 Å². The van der Waals surface area contributed by atoms with Crippen LogP contribution in [0.25, 0.3) is 0 Å². The van der Waals surface area contributed by atoms with Gasteiger partial charge in [-0.1, -0.05) is 6.07 Å². The third-order valence-corrected chi connectivity index (χ3v) is 3.80. The van der Waals surface area contributed by atoms with Crippen molar-refractivity contribution in [1.29, 1.82) is 0 Å². The summed E-state index contributed by atoms with van der Waals surface area (Å²) in [6.45, 7) is 2.22. The summed E-state index contributed by atoms with van der Waals surface area (Å²) in [6, 6.07) is 8.49. The van der Waals surface area contributed by atoms with Crippen molar-refractivity contribution in [2.24, 2.45) is 0 Å². The maximum Gasteiger partial charge on any atom is 0.159 e. The van der Waals surface area contributed by atoms with E-state index in [-0.39, 0.29) is 6.04 Å². The minimum absolute atomic E-state index is 0.317. The van der Waals surface area contributed by atoms with Gasteiger partial charge in [0.1, 0.15) is 11.5 Å². The van der Waals surface area contributed by atoms with Gasteiger partial charge >= 0.3 is 0 Å². The molecule has 0 radical (unpaired) electrons. The predicted molar refractivity (Wildman–Crippen MR) is 87.2 cm³/mol. The number of hydrogen-bond donors (Lipinski definition) is 2. The lowest BCUT2D eigenvalue weighted by atomic mass is 10.0. The molecule has 130 valence electrons. The Hall–Kier alpha value is -2.18. The van der Waals surface area contributed by atoms with Crippen molar-refractivity contribution in [2.45, 2.75) is 25.6 Å². The van der Waals surface area contributed by atoms with E-state index in [1.807, 2.05) is 12.1 Å². The van der Waals surface area contributed by atoms with Gasteiger partial charge in [0.05, 0.1) is 20.3 Å². The summed E-state index contributed by atoms with van der Waals surface area (Å²) in [5.41, 5.74) is 1.23. The predicted octanol–water partition coefficient (Wildman–Crippen LogP) is 3.19. The Balaban J connectivity index is 2.04. The molecule has 24 heavy (non-hydrogen) atoms. The number of rotatable bonds is 7. The normalized spacial score (nSPS) is 13.4. The van der Waals surface area contributed by atoms with Crippen LogP contribution in [0, 0.1) is 11.6 Å². The molecule has 0 saturated carbocycles. The van der Waals surface area contributed by atoms with Crippen LogP contribution in [0.2, 0.25) is 0 Å². The van der Waals surface area contributed by atoms with Crippen molar-refractivity contribution in [3.8, 4) is 11.5 Å². The van der Waals surface area contributed by atoms with E-state index < -0.39 is 17.7 Å². The molecule has 2 unspecified atom stereocenters. The lowest BCUT2D eigenvalue weighted by Gasteiger charge is -2.21. The highest BCUT2D eigenvalue weighted by atomic mass is 19.2. The molecule has 0 bridgehead atoms. The summed E-state index contributed by atoms with van der Waals surface area (Å²) < 4.78 is 36.7.